The Hall–Kier alpha value is -1.63. The molecule has 7 heteroatoms. The summed E-state index contributed by atoms with van der Waals surface area (Å²) in [6.07, 6.45) is 1.80. The molecule has 0 atom stereocenters. The van der Waals surface area contributed by atoms with Crippen LogP contribution in [0.4, 0.5) is 4.39 Å². The molecule has 2 heterocycles. The summed E-state index contributed by atoms with van der Waals surface area (Å²) >= 11 is 9.17. The second kappa shape index (κ2) is 7.51. The maximum Gasteiger partial charge on any atom is 0.192 e. The van der Waals surface area contributed by atoms with E-state index in [9.17, 15) is 4.39 Å². The van der Waals surface area contributed by atoms with Crippen molar-refractivity contribution in [3.05, 3.63) is 63.6 Å². The minimum absolute atomic E-state index is 0.307. The summed E-state index contributed by atoms with van der Waals surface area (Å²) in [7, 11) is 0. The first-order valence-electron chi connectivity index (χ1n) is 7.25. The van der Waals surface area contributed by atoms with Gasteiger partial charge in [-0.1, -0.05) is 35.5 Å². The van der Waals surface area contributed by atoms with E-state index >= 15 is 0 Å². The van der Waals surface area contributed by atoms with Crippen molar-refractivity contribution in [2.24, 2.45) is 0 Å². The van der Waals surface area contributed by atoms with Gasteiger partial charge in [0.25, 0.3) is 0 Å². The number of rotatable bonds is 6. The fourth-order valence-corrected chi connectivity index (χ4v) is 4.24. The molecular formula is C17H15ClFN3S2. The minimum Gasteiger partial charge on any atom is -0.298 e. The van der Waals surface area contributed by atoms with E-state index in [-0.39, 0.29) is 5.82 Å². The highest BCUT2D eigenvalue weighted by molar-refractivity contribution is 7.98. The van der Waals surface area contributed by atoms with E-state index in [1.165, 1.54) is 22.7 Å². The molecule has 0 radical (unpaired) electrons. The van der Waals surface area contributed by atoms with E-state index in [1.54, 1.807) is 29.5 Å². The molecule has 0 saturated heterocycles. The summed E-state index contributed by atoms with van der Waals surface area (Å²) in [5.74, 6) is 0.878. The van der Waals surface area contributed by atoms with Crippen LogP contribution in [0.15, 0.2) is 47.5 Å². The van der Waals surface area contributed by atoms with Crippen molar-refractivity contribution in [2.45, 2.75) is 24.4 Å². The quantitative estimate of drug-likeness (QED) is 0.413. The van der Waals surface area contributed by atoms with Crippen LogP contribution in [0.25, 0.3) is 11.4 Å². The SMILES string of the molecule is C=CCn1c(SCc2c(F)cccc2Cl)nnc1-c1csc(C)c1. The average Bonchev–Trinajstić information content (AvgIpc) is 3.14. The standard InChI is InChI=1S/C17H15ClFN3S2/c1-3-7-22-16(12-8-11(2)23-9-12)20-21-17(22)24-10-13-14(18)5-4-6-15(13)19/h3-6,8-9H,1,7,10H2,2H3. The Morgan fingerprint density at radius 1 is 1.42 bits per heavy atom. The van der Waals surface area contributed by atoms with E-state index in [2.05, 4.69) is 35.1 Å². The van der Waals surface area contributed by atoms with Gasteiger partial charge in [-0.25, -0.2) is 4.39 Å². The van der Waals surface area contributed by atoms with Gasteiger partial charge in [0.05, 0.1) is 0 Å². The summed E-state index contributed by atoms with van der Waals surface area (Å²) < 4.78 is 15.9. The lowest BCUT2D eigenvalue weighted by atomic mass is 10.2. The molecule has 0 unspecified atom stereocenters. The number of aromatic nitrogens is 3. The number of aryl methyl sites for hydroxylation is 1. The van der Waals surface area contributed by atoms with Gasteiger partial charge in [-0.05, 0) is 25.1 Å². The summed E-state index contributed by atoms with van der Waals surface area (Å²) in [6, 6.07) is 6.78. The summed E-state index contributed by atoms with van der Waals surface area (Å²) in [5, 5.41) is 11.8. The largest absolute Gasteiger partial charge is 0.298 e. The Balaban J connectivity index is 1.88. The molecule has 124 valence electrons. The Bertz CT molecular complexity index is 852. The Labute approximate surface area is 153 Å². The number of thiophene rings is 1. The minimum atomic E-state index is -0.307. The normalized spacial score (nSPS) is 11.0. The third kappa shape index (κ3) is 3.55. The van der Waals surface area contributed by atoms with Crippen molar-refractivity contribution in [2.75, 3.05) is 0 Å². The molecule has 0 aliphatic heterocycles. The van der Waals surface area contributed by atoms with E-state index in [4.69, 9.17) is 11.6 Å². The molecule has 0 amide bonds. The van der Waals surface area contributed by atoms with Crippen LogP contribution in [0.3, 0.4) is 0 Å². The van der Waals surface area contributed by atoms with Gasteiger partial charge < -0.3 is 0 Å². The molecule has 3 rings (SSSR count). The van der Waals surface area contributed by atoms with E-state index in [0.717, 1.165) is 11.4 Å². The monoisotopic (exact) mass is 379 g/mol. The molecular weight excluding hydrogens is 365 g/mol. The van der Waals surface area contributed by atoms with Crippen LogP contribution >= 0.6 is 34.7 Å². The number of halogens is 2. The summed E-state index contributed by atoms with van der Waals surface area (Å²) in [6.45, 7) is 6.44. The average molecular weight is 380 g/mol. The topological polar surface area (TPSA) is 30.7 Å². The van der Waals surface area contributed by atoms with Gasteiger partial charge in [0.1, 0.15) is 5.82 Å². The van der Waals surface area contributed by atoms with Crippen LogP contribution in [0.1, 0.15) is 10.4 Å². The van der Waals surface area contributed by atoms with Crippen molar-refractivity contribution in [1.29, 1.82) is 0 Å². The second-order valence-electron chi connectivity index (χ2n) is 5.14. The van der Waals surface area contributed by atoms with E-state index in [0.29, 0.717) is 28.0 Å². The number of nitrogens with zero attached hydrogens (tertiary/aromatic N) is 3. The first kappa shape index (κ1) is 17.2. The van der Waals surface area contributed by atoms with E-state index in [1.807, 2.05) is 4.57 Å². The van der Waals surface area contributed by atoms with Gasteiger partial charge in [0.2, 0.25) is 0 Å². The predicted octanol–water partition coefficient (Wildman–Crippen LogP) is 5.59. The highest BCUT2D eigenvalue weighted by atomic mass is 35.5. The third-order valence-corrected chi connectivity index (χ3v) is 5.63. The molecule has 0 saturated carbocycles. The van der Waals surface area contributed by atoms with Crippen molar-refractivity contribution in [1.82, 2.24) is 14.8 Å². The lowest BCUT2D eigenvalue weighted by Gasteiger charge is -2.08. The first-order chi connectivity index (χ1) is 11.6. The molecule has 0 fully saturated rings. The number of benzene rings is 1. The molecule has 2 aromatic heterocycles. The Kier molecular flexibility index (Phi) is 5.38. The molecule has 0 bridgehead atoms. The highest BCUT2D eigenvalue weighted by Crippen LogP contribution is 2.31. The van der Waals surface area contributed by atoms with Crippen molar-refractivity contribution < 1.29 is 4.39 Å². The number of hydrogen-bond acceptors (Lipinski definition) is 4. The molecule has 3 nitrogen and oxygen atoms in total. The van der Waals surface area contributed by atoms with Crippen LogP contribution < -0.4 is 0 Å². The van der Waals surface area contributed by atoms with Crippen LogP contribution in [0, 0.1) is 12.7 Å². The van der Waals surface area contributed by atoms with Crippen molar-refractivity contribution in [3.8, 4) is 11.4 Å². The number of allylic oxidation sites excluding steroid dienone is 1. The van der Waals surface area contributed by atoms with Crippen LogP contribution in [0.2, 0.25) is 5.02 Å². The van der Waals surface area contributed by atoms with Gasteiger partial charge in [-0.15, -0.1) is 28.1 Å². The summed E-state index contributed by atoms with van der Waals surface area (Å²) in [4.78, 5) is 1.21. The maximum absolute atomic E-state index is 13.9. The molecule has 3 aromatic rings. The Morgan fingerprint density at radius 2 is 2.25 bits per heavy atom. The predicted molar refractivity (Wildman–Crippen MR) is 99.2 cm³/mol. The van der Waals surface area contributed by atoms with Crippen molar-refractivity contribution >= 4 is 34.7 Å². The van der Waals surface area contributed by atoms with Gasteiger partial charge in [-0.2, -0.15) is 0 Å². The molecule has 24 heavy (non-hydrogen) atoms. The van der Waals surface area contributed by atoms with Crippen LogP contribution in [0.5, 0.6) is 0 Å². The molecule has 0 spiro atoms. The van der Waals surface area contributed by atoms with Gasteiger partial charge in [0, 0.05) is 38.7 Å². The lowest BCUT2D eigenvalue weighted by Crippen LogP contribution is -2.00. The van der Waals surface area contributed by atoms with Gasteiger partial charge in [-0.3, -0.25) is 4.57 Å². The second-order valence-corrected chi connectivity index (χ2v) is 7.61. The van der Waals surface area contributed by atoms with Crippen molar-refractivity contribution in [3.63, 3.8) is 0 Å². The molecule has 0 N–H and O–H groups in total. The summed E-state index contributed by atoms with van der Waals surface area (Å²) in [5.41, 5.74) is 1.51. The molecule has 0 aliphatic rings. The maximum atomic E-state index is 13.9. The molecule has 1 aromatic carbocycles. The number of thioether (sulfide) groups is 1. The zero-order chi connectivity index (χ0) is 17.1. The fraction of sp³-hybridized carbons (Fsp3) is 0.176. The highest BCUT2D eigenvalue weighted by Gasteiger charge is 2.16. The van der Waals surface area contributed by atoms with E-state index < -0.39 is 0 Å². The lowest BCUT2D eigenvalue weighted by molar-refractivity contribution is 0.617. The smallest absolute Gasteiger partial charge is 0.192 e. The Morgan fingerprint density at radius 3 is 2.92 bits per heavy atom. The third-order valence-electron chi connectivity index (χ3n) is 3.42. The van der Waals surface area contributed by atoms with Crippen LogP contribution in [-0.4, -0.2) is 14.8 Å². The van der Waals surface area contributed by atoms with Crippen LogP contribution in [-0.2, 0) is 12.3 Å². The van der Waals surface area contributed by atoms with Gasteiger partial charge in [0.15, 0.2) is 11.0 Å². The first-order valence-corrected chi connectivity index (χ1v) is 9.49. The number of hydrogen-bond donors (Lipinski definition) is 0. The zero-order valence-electron chi connectivity index (χ0n) is 13.0. The molecule has 0 aliphatic carbocycles. The zero-order valence-corrected chi connectivity index (χ0v) is 15.4. The fourth-order valence-electron chi connectivity index (χ4n) is 2.27. The van der Waals surface area contributed by atoms with Gasteiger partial charge >= 0.3 is 0 Å².